The van der Waals surface area contributed by atoms with E-state index in [4.69, 9.17) is 9.31 Å². The number of nitrogens with zero attached hydrogens (tertiary/aromatic N) is 1. The van der Waals surface area contributed by atoms with E-state index in [1.54, 1.807) is 0 Å². The van der Waals surface area contributed by atoms with Crippen molar-refractivity contribution in [2.24, 2.45) is 0 Å². The van der Waals surface area contributed by atoms with Crippen LogP contribution in [0.4, 0.5) is 0 Å². The van der Waals surface area contributed by atoms with Crippen molar-refractivity contribution < 1.29 is 9.31 Å². The third-order valence-corrected chi connectivity index (χ3v) is 11.5. The molecule has 1 atom stereocenters. The molecular formula is C43H34BNO2. The quantitative estimate of drug-likeness (QED) is 0.183. The van der Waals surface area contributed by atoms with Crippen LogP contribution in [0, 0.1) is 0 Å². The van der Waals surface area contributed by atoms with Crippen molar-refractivity contribution in [3.63, 3.8) is 0 Å². The van der Waals surface area contributed by atoms with E-state index in [0.29, 0.717) is 0 Å². The summed E-state index contributed by atoms with van der Waals surface area (Å²) in [6, 6.07) is 49.5. The highest BCUT2D eigenvalue weighted by atomic mass is 16.7. The third kappa shape index (κ3) is 3.39. The minimum absolute atomic E-state index is 0.416. The largest absolute Gasteiger partial charge is 0.494 e. The molecule has 226 valence electrons. The van der Waals surface area contributed by atoms with Crippen molar-refractivity contribution in [2.45, 2.75) is 44.3 Å². The molecule has 1 saturated heterocycles. The van der Waals surface area contributed by atoms with Gasteiger partial charge >= 0.3 is 7.12 Å². The fourth-order valence-corrected chi connectivity index (χ4v) is 8.61. The zero-order chi connectivity index (χ0) is 31.7. The molecule has 1 aromatic heterocycles. The fraction of sp³-hybridized carbons (Fsp3) is 0.163. The van der Waals surface area contributed by atoms with Gasteiger partial charge in [0.1, 0.15) is 0 Å². The van der Waals surface area contributed by atoms with Crippen molar-refractivity contribution >= 4 is 34.4 Å². The number of benzene rings is 6. The number of aromatic nitrogens is 1. The monoisotopic (exact) mass is 607 g/mol. The standard InChI is InChI=1S/C43H34BNO2/c1-41(2)42(3,4)47-44(46-41)27-21-23-31-29-13-5-9-17-35(29)43(37(31)25-27)36-18-10-6-14-30(36)32-24-22-28(26-38(32)43)45-39-19-11-7-15-33(39)34-16-8-12-20-40(34)45/h5-26H,1-4H3. The Labute approximate surface area is 275 Å². The summed E-state index contributed by atoms with van der Waals surface area (Å²) in [7, 11) is -0.439. The lowest BCUT2D eigenvalue weighted by Gasteiger charge is -2.32. The maximum Gasteiger partial charge on any atom is 0.494 e. The third-order valence-electron chi connectivity index (χ3n) is 11.5. The van der Waals surface area contributed by atoms with E-state index in [2.05, 4.69) is 166 Å². The maximum absolute atomic E-state index is 6.60. The molecule has 0 amide bonds. The Hall–Kier alpha value is -4.90. The summed E-state index contributed by atoms with van der Waals surface area (Å²) < 4.78 is 15.6. The highest BCUT2D eigenvalue weighted by Crippen LogP contribution is 2.63. The predicted molar refractivity (Wildman–Crippen MR) is 193 cm³/mol. The summed E-state index contributed by atoms with van der Waals surface area (Å²) in [6.45, 7) is 8.49. The molecule has 47 heavy (non-hydrogen) atoms. The molecule has 10 rings (SSSR count). The second-order valence-electron chi connectivity index (χ2n) is 14.3. The van der Waals surface area contributed by atoms with Gasteiger partial charge in [-0.2, -0.15) is 0 Å². The number of fused-ring (bicyclic) bond motifs is 13. The van der Waals surface area contributed by atoms with Crippen LogP contribution in [-0.4, -0.2) is 22.9 Å². The summed E-state index contributed by atoms with van der Waals surface area (Å²) in [6.07, 6.45) is 0. The van der Waals surface area contributed by atoms with Crippen LogP contribution >= 0.6 is 0 Å². The first kappa shape index (κ1) is 27.2. The fourth-order valence-electron chi connectivity index (χ4n) is 8.61. The van der Waals surface area contributed by atoms with Gasteiger partial charge < -0.3 is 13.9 Å². The van der Waals surface area contributed by atoms with Crippen LogP contribution in [-0.2, 0) is 14.7 Å². The predicted octanol–water partition coefficient (Wildman–Crippen LogP) is 9.43. The van der Waals surface area contributed by atoms with Crippen molar-refractivity contribution in [1.82, 2.24) is 4.57 Å². The summed E-state index contributed by atoms with van der Waals surface area (Å²) in [5, 5.41) is 2.54. The van der Waals surface area contributed by atoms with E-state index < -0.39 is 23.7 Å². The smallest absolute Gasteiger partial charge is 0.399 e. The number of para-hydroxylation sites is 2. The summed E-state index contributed by atoms with van der Waals surface area (Å²) in [5.41, 5.74) is 13.7. The molecule has 2 heterocycles. The number of rotatable bonds is 2. The van der Waals surface area contributed by atoms with Gasteiger partial charge in [-0.05, 0) is 102 Å². The van der Waals surface area contributed by atoms with E-state index in [9.17, 15) is 0 Å². The van der Waals surface area contributed by atoms with E-state index >= 15 is 0 Å². The first-order valence-electron chi connectivity index (χ1n) is 16.6. The second kappa shape index (κ2) is 9.13. The van der Waals surface area contributed by atoms with Crippen molar-refractivity contribution in [3.8, 4) is 27.9 Å². The van der Waals surface area contributed by atoms with Crippen LogP contribution in [0.2, 0.25) is 0 Å². The molecule has 1 fully saturated rings. The van der Waals surface area contributed by atoms with Crippen LogP contribution in [0.15, 0.2) is 133 Å². The average Bonchev–Trinajstić information content (AvgIpc) is 3.75. The van der Waals surface area contributed by atoms with Gasteiger partial charge in [0.15, 0.2) is 0 Å². The van der Waals surface area contributed by atoms with Crippen molar-refractivity contribution in [1.29, 1.82) is 0 Å². The molecule has 0 radical (unpaired) electrons. The van der Waals surface area contributed by atoms with Gasteiger partial charge in [-0.3, -0.25) is 0 Å². The van der Waals surface area contributed by atoms with Crippen LogP contribution in [0.3, 0.4) is 0 Å². The summed E-state index contributed by atoms with van der Waals surface area (Å²) in [5.74, 6) is 0. The Morgan fingerprint density at radius 3 is 1.53 bits per heavy atom. The molecule has 0 bridgehead atoms. The minimum Gasteiger partial charge on any atom is -0.399 e. The van der Waals surface area contributed by atoms with E-state index in [0.717, 1.165) is 5.46 Å². The summed E-state index contributed by atoms with van der Waals surface area (Å²) in [4.78, 5) is 0. The molecular weight excluding hydrogens is 573 g/mol. The average molecular weight is 608 g/mol. The molecule has 7 aromatic rings. The van der Waals surface area contributed by atoms with Gasteiger partial charge in [0.25, 0.3) is 0 Å². The van der Waals surface area contributed by atoms with E-state index in [1.807, 2.05) is 0 Å². The molecule has 0 saturated carbocycles. The Morgan fingerprint density at radius 1 is 0.468 bits per heavy atom. The van der Waals surface area contributed by atoms with Gasteiger partial charge in [-0.25, -0.2) is 0 Å². The number of hydrogen-bond acceptors (Lipinski definition) is 2. The van der Waals surface area contributed by atoms with Gasteiger partial charge in [-0.1, -0.05) is 109 Å². The molecule has 1 unspecified atom stereocenters. The van der Waals surface area contributed by atoms with Crippen LogP contribution in [0.1, 0.15) is 49.9 Å². The molecule has 1 aliphatic heterocycles. The Balaban J connectivity index is 1.27. The molecule has 4 heteroatoms. The van der Waals surface area contributed by atoms with Gasteiger partial charge in [0.05, 0.1) is 27.7 Å². The van der Waals surface area contributed by atoms with E-state index in [1.165, 1.54) is 72.0 Å². The second-order valence-corrected chi connectivity index (χ2v) is 14.3. The summed E-state index contributed by atoms with van der Waals surface area (Å²) >= 11 is 0. The van der Waals surface area contributed by atoms with Crippen LogP contribution in [0.25, 0.3) is 49.7 Å². The molecule has 6 aromatic carbocycles. The van der Waals surface area contributed by atoms with E-state index in [-0.39, 0.29) is 0 Å². The highest BCUT2D eigenvalue weighted by molar-refractivity contribution is 6.62. The Morgan fingerprint density at radius 2 is 0.936 bits per heavy atom. The highest BCUT2D eigenvalue weighted by Gasteiger charge is 2.54. The lowest BCUT2D eigenvalue weighted by atomic mass is 9.68. The van der Waals surface area contributed by atoms with Crippen molar-refractivity contribution in [3.05, 3.63) is 156 Å². The first-order valence-corrected chi connectivity index (χ1v) is 16.6. The molecule has 3 nitrogen and oxygen atoms in total. The lowest BCUT2D eigenvalue weighted by Crippen LogP contribution is -2.41. The van der Waals surface area contributed by atoms with Crippen molar-refractivity contribution in [2.75, 3.05) is 0 Å². The Kier molecular flexibility index (Phi) is 5.29. The molecule has 1 spiro atoms. The van der Waals surface area contributed by atoms with Gasteiger partial charge in [0, 0.05) is 16.5 Å². The van der Waals surface area contributed by atoms with Crippen LogP contribution < -0.4 is 5.46 Å². The maximum atomic E-state index is 6.60. The first-order chi connectivity index (χ1) is 22.8. The van der Waals surface area contributed by atoms with Gasteiger partial charge in [-0.15, -0.1) is 0 Å². The molecule has 0 N–H and O–H groups in total. The topological polar surface area (TPSA) is 23.4 Å². The van der Waals surface area contributed by atoms with Gasteiger partial charge in [0.2, 0.25) is 0 Å². The zero-order valence-electron chi connectivity index (χ0n) is 27.0. The molecule has 2 aliphatic carbocycles. The Bertz CT molecular complexity index is 2370. The van der Waals surface area contributed by atoms with Crippen LogP contribution in [0.5, 0.6) is 0 Å². The zero-order valence-corrected chi connectivity index (χ0v) is 27.0. The SMILES string of the molecule is CC1(C)OB(c2ccc3c(c2)C2(c4ccccc4-3)c3ccccc3-c3ccc(-n4c5ccccc5c5ccccc54)cc32)OC1(C)C. The number of hydrogen-bond donors (Lipinski definition) is 0. The normalized spacial score (nSPS) is 19.7. The molecule has 3 aliphatic rings. The minimum atomic E-state index is -0.480. The lowest BCUT2D eigenvalue weighted by molar-refractivity contribution is 0.00578.